The molecule has 27 heavy (non-hydrogen) atoms. The molecule has 0 unspecified atom stereocenters. The molecular formula is C20H24ClN3O3. The second kappa shape index (κ2) is 6.23. The number of aryl methyl sites for hydroxylation is 1. The van der Waals surface area contributed by atoms with Gasteiger partial charge in [0.2, 0.25) is 5.91 Å². The average molecular weight is 390 g/mol. The van der Waals surface area contributed by atoms with E-state index in [4.69, 9.17) is 16.0 Å². The first-order chi connectivity index (χ1) is 12.7. The number of benzene rings is 1. The van der Waals surface area contributed by atoms with Crippen LogP contribution in [0.4, 0.5) is 0 Å². The van der Waals surface area contributed by atoms with Gasteiger partial charge in [0.15, 0.2) is 5.58 Å². The number of carbonyl (C=O) groups is 1. The van der Waals surface area contributed by atoms with E-state index < -0.39 is 5.76 Å². The van der Waals surface area contributed by atoms with Crippen LogP contribution in [0.15, 0.2) is 32.5 Å². The van der Waals surface area contributed by atoms with Gasteiger partial charge in [-0.25, -0.2) is 10.2 Å². The highest BCUT2D eigenvalue weighted by Gasteiger charge is 2.59. The summed E-state index contributed by atoms with van der Waals surface area (Å²) in [6.45, 7) is 7.10. The predicted molar refractivity (Wildman–Crippen MR) is 105 cm³/mol. The van der Waals surface area contributed by atoms with Gasteiger partial charge in [0, 0.05) is 35.2 Å². The van der Waals surface area contributed by atoms with Gasteiger partial charge in [0.25, 0.3) is 0 Å². The van der Waals surface area contributed by atoms with Crippen molar-refractivity contribution >= 4 is 34.3 Å². The molecule has 1 aromatic heterocycles. The normalized spacial score (nSPS) is 27.6. The van der Waals surface area contributed by atoms with Crippen molar-refractivity contribution in [3.05, 3.63) is 33.8 Å². The zero-order chi connectivity index (χ0) is 19.4. The minimum Gasteiger partial charge on any atom is -0.408 e. The highest BCUT2D eigenvalue weighted by molar-refractivity contribution is 6.31. The van der Waals surface area contributed by atoms with E-state index in [-0.39, 0.29) is 29.7 Å². The summed E-state index contributed by atoms with van der Waals surface area (Å²) in [4.78, 5) is 24.3. The number of amides is 1. The lowest BCUT2D eigenvalue weighted by atomic mass is 9.70. The summed E-state index contributed by atoms with van der Waals surface area (Å²) in [5, 5.41) is 4.96. The molecule has 4 rings (SSSR count). The number of aromatic nitrogens is 1. The van der Waals surface area contributed by atoms with Crippen LogP contribution in [0.3, 0.4) is 0 Å². The highest BCUT2D eigenvalue weighted by atomic mass is 35.5. The molecule has 2 bridgehead atoms. The standard InChI is InChI=1S/C20H24ClN3O3/c1-19(2)12-6-8-20(19,3)16(10-12)22-23-17(25)7-9-24-14-5-4-13(21)11-15(14)27-18(24)26/h4-5,11-12H,6-10H2,1-3H3,(H,23,25)/b22-16+/t12-,20+/m0/s1. The van der Waals surface area contributed by atoms with Crippen molar-refractivity contribution in [1.82, 2.24) is 9.99 Å². The van der Waals surface area contributed by atoms with Crippen molar-refractivity contribution in [2.45, 2.75) is 53.0 Å². The van der Waals surface area contributed by atoms with Crippen LogP contribution in [0.25, 0.3) is 11.1 Å². The number of nitrogens with one attached hydrogen (secondary N) is 1. The van der Waals surface area contributed by atoms with Crippen LogP contribution < -0.4 is 11.2 Å². The van der Waals surface area contributed by atoms with E-state index in [1.807, 2.05) is 0 Å². The number of fused-ring (bicyclic) bond motifs is 3. The van der Waals surface area contributed by atoms with Crippen molar-refractivity contribution in [1.29, 1.82) is 0 Å². The van der Waals surface area contributed by atoms with E-state index in [9.17, 15) is 9.59 Å². The molecule has 0 spiro atoms. The number of nitrogens with zero attached hydrogens (tertiary/aromatic N) is 2. The van der Waals surface area contributed by atoms with Crippen LogP contribution in [-0.2, 0) is 11.3 Å². The van der Waals surface area contributed by atoms with Crippen LogP contribution in [0.1, 0.15) is 46.5 Å². The Morgan fingerprint density at radius 1 is 1.41 bits per heavy atom. The van der Waals surface area contributed by atoms with E-state index in [2.05, 4.69) is 31.3 Å². The Balaban J connectivity index is 1.43. The fourth-order valence-corrected chi connectivity index (χ4v) is 4.91. The first-order valence-corrected chi connectivity index (χ1v) is 9.75. The number of rotatable bonds is 4. The average Bonchev–Trinajstić information content (AvgIpc) is 3.10. The smallest absolute Gasteiger partial charge is 0.408 e. The minimum absolute atomic E-state index is 0.0575. The molecule has 2 aliphatic carbocycles. The summed E-state index contributed by atoms with van der Waals surface area (Å²) >= 11 is 5.92. The number of hydrogen-bond acceptors (Lipinski definition) is 4. The maximum absolute atomic E-state index is 12.3. The van der Waals surface area contributed by atoms with Crippen LogP contribution in [0, 0.1) is 16.7 Å². The maximum Gasteiger partial charge on any atom is 0.419 e. The maximum atomic E-state index is 12.3. The molecule has 0 radical (unpaired) electrons. The Hall–Kier alpha value is -2.08. The summed E-state index contributed by atoms with van der Waals surface area (Å²) in [6.07, 6.45) is 3.46. The molecule has 0 saturated heterocycles. The number of hydrazone groups is 1. The predicted octanol–water partition coefficient (Wildman–Crippen LogP) is 3.96. The zero-order valence-electron chi connectivity index (χ0n) is 15.8. The van der Waals surface area contributed by atoms with Gasteiger partial charge >= 0.3 is 5.76 Å². The molecular weight excluding hydrogens is 366 g/mol. The topological polar surface area (TPSA) is 76.6 Å². The van der Waals surface area contributed by atoms with Crippen molar-refractivity contribution in [3.63, 3.8) is 0 Å². The third kappa shape index (κ3) is 2.81. The quantitative estimate of drug-likeness (QED) is 0.804. The van der Waals surface area contributed by atoms with E-state index in [0.29, 0.717) is 22.0 Å². The SMILES string of the molecule is CC1(C)[C@H]2CC[C@]1(C)/C(=N/NC(=O)CCn1c(=O)oc3cc(Cl)ccc31)C2. The molecule has 1 N–H and O–H groups in total. The van der Waals surface area contributed by atoms with Crippen molar-refractivity contribution < 1.29 is 9.21 Å². The number of halogens is 1. The lowest BCUT2D eigenvalue weighted by molar-refractivity contribution is -0.121. The molecule has 2 saturated carbocycles. The number of oxazole rings is 1. The molecule has 2 fully saturated rings. The Labute approximate surface area is 162 Å². The third-order valence-electron chi connectivity index (χ3n) is 7.02. The van der Waals surface area contributed by atoms with Crippen LogP contribution in [0.2, 0.25) is 5.02 Å². The Morgan fingerprint density at radius 2 is 2.19 bits per heavy atom. The molecule has 2 atom stereocenters. The summed E-state index contributed by atoms with van der Waals surface area (Å²) in [5.41, 5.74) is 5.12. The molecule has 2 aromatic rings. The van der Waals surface area contributed by atoms with Crippen molar-refractivity contribution in [2.24, 2.45) is 21.8 Å². The molecule has 7 heteroatoms. The fraction of sp³-hybridized carbons (Fsp3) is 0.550. The Kier molecular flexibility index (Phi) is 4.22. The van der Waals surface area contributed by atoms with Gasteiger partial charge in [0.05, 0.1) is 5.52 Å². The minimum atomic E-state index is -0.492. The van der Waals surface area contributed by atoms with Crippen LogP contribution in [0.5, 0.6) is 0 Å². The van der Waals surface area contributed by atoms with Gasteiger partial charge in [-0.2, -0.15) is 5.10 Å². The van der Waals surface area contributed by atoms with Crippen molar-refractivity contribution in [3.8, 4) is 0 Å². The zero-order valence-corrected chi connectivity index (χ0v) is 16.6. The lowest BCUT2D eigenvalue weighted by Crippen LogP contribution is -2.34. The summed E-state index contributed by atoms with van der Waals surface area (Å²) < 4.78 is 6.63. The molecule has 0 aliphatic heterocycles. The largest absolute Gasteiger partial charge is 0.419 e. The van der Waals surface area contributed by atoms with E-state index in [1.165, 1.54) is 11.0 Å². The van der Waals surface area contributed by atoms with E-state index in [0.717, 1.165) is 18.6 Å². The Bertz CT molecular complexity index is 1000. The number of hydrogen-bond donors (Lipinski definition) is 1. The number of carbonyl (C=O) groups excluding carboxylic acids is 1. The second-order valence-electron chi connectivity index (χ2n) is 8.47. The fourth-order valence-electron chi connectivity index (χ4n) is 4.75. The summed E-state index contributed by atoms with van der Waals surface area (Å²) in [5.74, 6) is -0.0588. The van der Waals surface area contributed by atoms with Gasteiger partial charge in [-0.3, -0.25) is 9.36 Å². The lowest BCUT2D eigenvalue weighted by Gasteiger charge is -2.34. The van der Waals surface area contributed by atoms with E-state index >= 15 is 0 Å². The first kappa shape index (κ1) is 18.3. The van der Waals surface area contributed by atoms with Gasteiger partial charge in [0.1, 0.15) is 0 Å². The second-order valence-corrected chi connectivity index (χ2v) is 8.91. The van der Waals surface area contributed by atoms with Gasteiger partial charge in [-0.1, -0.05) is 32.4 Å². The van der Waals surface area contributed by atoms with Crippen molar-refractivity contribution in [2.75, 3.05) is 0 Å². The summed E-state index contributed by atoms with van der Waals surface area (Å²) in [6, 6.07) is 5.01. The first-order valence-electron chi connectivity index (χ1n) is 9.37. The monoisotopic (exact) mass is 389 g/mol. The van der Waals surface area contributed by atoms with Gasteiger partial charge in [-0.15, -0.1) is 0 Å². The third-order valence-corrected chi connectivity index (χ3v) is 7.26. The molecule has 2 aliphatic rings. The van der Waals surface area contributed by atoms with E-state index in [1.54, 1.807) is 18.2 Å². The van der Waals surface area contributed by atoms with Gasteiger partial charge < -0.3 is 4.42 Å². The molecule has 144 valence electrons. The van der Waals surface area contributed by atoms with Crippen LogP contribution in [-0.4, -0.2) is 16.2 Å². The highest BCUT2D eigenvalue weighted by Crippen LogP contribution is 2.63. The van der Waals surface area contributed by atoms with Crippen LogP contribution >= 0.6 is 11.6 Å². The van der Waals surface area contributed by atoms with Gasteiger partial charge in [-0.05, 0) is 42.7 Å². The molecule has 1 heterocycles. The molecule has 1 aromatic carbocycles. The molecule has 1 amide bonds. The molecule has 6 nitrogen and oxygen atoms in total. The Morgan fingerprint density at radius 3 is 2.85 bits per heavy atom. The summed E-state index contributed by atoms with van der Waals surface area (Å²) in [7, 11) is 0.